The summed E-state index contributed by atoms with van der Waals surface area (Å²) in [7, 11) is 0. The van der Waals surface area contributed by atoms with Gasteiger partial charge in [0.15, 0.2) is 0 Å². The number of anilines is 1. The highest BCUT2D eigenvalue weighted by atomic mass is 16.5. The van der Waals surface area contributed by atoms with Gasteiger partial charge >= 0.3 is 0 Å². The normalized spacial score (nSPS) is 23.1. The second-order valence-corrected chi connectivity index (χ2v) is 5.51. The first-order chi connectivity index (χ1) is 9.79. The molecule has 0 bridgehead atoms. The molecule has 5 heteroatoms. The fourth-order valence-electron chi connectivity index (χ4n) is 3.15. The monoisotopic (exact) mass is 275 g/mol. The van der Waals surface area contributed by atoms with Gasteiger partial charge in [0, 0.05) is 25.8 Å². The molecule has 1 amide bonds. The zero-order chi connectivity index (χ0) is 13.9. The Morgan fingerprint density at radius 2 is 2.15 bits per heavy atom. The molecule has 1 aromatic rings. The molecule has 0 aromatic carbocycles. The molecule has 1 aromatic heterocycles. The Morgan fingerprint density at radius 1 is 1.35 bits per heavy atom. The number of nitrogens with zero attached hydrogens (tertiary/aromatic N) is 3. The number of ether oxygens (including phenoxy) is 1. The number of morpholine rings is 1. The van der Waals surface area contributed by atoms with Gasteiger partial charge in [-0.1, -0.05) is 0 Å². The minimum atomic E-state index is 0.206. The molecule has 0 aliphatic carbocycles. The lowest BCUT2D eigenvalue weighted by Crippen LogP contribution is -2.37. The molecule has 0 saturated carbocycles. The van der Waals surface area contributed by atoms with Gasteiger partial charge in [-0.25, -0.2) is 4.98 Å². The number of aryl methyl sites for hydroxylation is 1. The van der Waals surface area contributed by atoms with Crippen molar-refractivity contribution in [3.63, 3.8) is 0 Å². The molecule has 2 aliphatic rings. The van der Waals surface area contributed by atoms with Crippen LogP contribution in [0.15, 0.2) is 12.3 Å². The summed E-state index contributed by atoms with van der Waals surface area (Å²) in [5, 5.41) is 0. The van der Waals surface area contributed by atoms with Crippen LogP contribution in [0.25, 0.3) is 0 Å². The number of carbonyl (C=O) groups excluding carboxylic acids is 1. The predicted octanol–water partition coefficient (Wildman–Crippen LogP) is 1.52. The predicted molar refractivity (Wildman–Crippen MR) is 76.8 cm³/mol. The first kappa shape index (κ1) is 13.4. The number of pyridine rings is 1. The Kier molecular flexibility index (Phi) is 3.87. The van der Waals surface area contributed by atoms with E-state index in [0.29, 0.717) is 0 Å². The molecular formula is C15H21N3O2. The Balaban J connectivity index is 1.81. The highest BCUT2D eigenvalue weighted by Crippen LogP contribution is 2.32. The maximum atomic E-state index is 11.1. The molecule has 108 valence electrons. The Labute approximate surface area is 119 Å². The summed E-state index contributed by atoms with van der Waals surface area (Å²) < 4.78 is 5.38. The van der Waals surface area contributed by atoms with Crippen molar-refractivity contribution in [3.05, 3.63) is 23.4 Å². The average molecular weight is 275 g/mol. The summed E-state index contributed by atoms with van der Waals surface area (Å²) in [4.78, 5) is 19.9. The molecule has 20 heavy (non-hydrogen) atoms. The van der Waals surface area contributed by atoms with Crippen LogP contribution in [0, 0.1) is 6.92 Å². The highest BCUT2D eigenvalue weighted by Gasteiger charge is 2.25. The second-order valence-electron chi connectivity index (χ2n) is 5.51. The quantitative estimate of drug-likeness (QED) is 0.785. The van der Waals surface area contributed by atoms with Crippen molar-refractivity contribution >= 4 is 12.2 Å². The Morgan fingerprint density at radius 3 is 2.85 bits per heavy atom. The summed E-state index contributed by atoms with van der Waals surface area (Å²) in [5.41, 5.74) is 2.34. The summed E-state index contributed by atoms with van der Waals surface area (Å²) in [6.07, 6.45) is 5.01. The lowest BCUT2D eigenvalue weighted by molar-refractivity contribution is -0.118. The molecule has 0 radical (unpaired) electrons. The van der Waals surface area contributed by atoms with E-state index < -0.39 is 0 Å². The summed E-state index contributed by atoms with van der Waals surface area (Å²) in [6, 6.07) is 2.39. The van der Waals surface area contributed by atoms with Crippen molar-refractivity contribution in [2.45, 2.75) is 25.8 Å². The molecule has 0 spiro atoms. The average Bonchev–Trinajstić information content (AvgIpc) is 2.96. The van der Waals surface area contributed by atoms with Crippen LogP contribution in [0.1, 0.15) is 30.0 Å². The molecule has 2 aliphatic heterocycles. The van der Waals surface area contributed by atoms with Crippen LogP contribution >= 0.6 is 0 Å². The zero-order valence-corrected chi connectivity index (χ0v) is 11.9. The molecule has 3 heterocycles. The molecule has 1 unspecified atom stereocenters. The number of amides is 1. The van der Waals surface area contributed by atoms with Gasteiger partial charge in [-0.3, -0.25) is 4.79 Å². The molecular weight excluding hydrogens is 254 g/mol. The smallest absolute Gasteiger partial charge is 0.210 e. The van der Waals surface area contributed by atoms with Crippen molar-refractivity contribution in [1.82, 2.24) is 9.88 Å². The molecule has 0 N–H and O–H groups in total. The van der Waals surface area contributed by atoms with Crippen LogP contribution < -0.4 is 4.90 Å². The highest BCUT2D eigenvalue weighted by molar-refractivity contribution is 5.52. The van der Waals surface area contributed by atoms with Gasteiger partial charge in [0.1, 0.15) is 5.82 Å². The van der Waals surface area contributed by atoms with Gasteiger partial charge in [0.25, 0.3) is 0 Å². The van der Waals surface area contributed by atoms with Crippen LogP contribution in [0.5, 0.6) is 0 Å². The van der Waals surface area contributed by atoms with Crippen molar-refractivity contribution in [3.8, 4) is 0 Å². The SMILES string of the molecule is Cc1cc(C2CCCN2C=O)cnc1N1CCOCC1. The van der Waals surface area contributed by atoms with Gasteiger partial charge in [0.2, 0.25) is 6.41 Å². The molecule has 5 nitrogen and oxygen atoms in total. The lowest BCUT2D eigenvalue weighted by atomic mass is 10.0. The van der Waals surface area contributed by atoms with Crippen molar-refractivity contribution in [1.29, 1.82) is 0 Å². The molecule has 2 saturated heterocycles. The molecule has 2 fully saturated rings. The number of hydrogen-bond donors (Lipinski definition) is 0. The third-order valence-corrected chi connectivity index (χ3v) is 4.20. The van der Waals surface area contributed by atoms with Gasteiger partial charge in [-0.2, -0.15) is 0 Å². The third-order valence-electron chi connectivity index (χ3n) is 4.20. The fourth-order valence-corrected chi connectivity index (χ4v) is 3.15. The van der Waals surface area contributed by atoms with Crippen LogP contribution in [0.3, 0.4) is 0 Å². The van der Waals surface area contributed by atoms with E-state index in [1.54, 1.807) is 0 Å². The molecule has 1 atom stereocenters. The van der Waals surface area contributed by atoms with Crippen LogP contribution in [0.2, 0.25) is 0 Å². The van der Waals surface area contributed by atoms with Crippen LogP contribution in [0.4, 0.5) is 5.82 Å². The Bertz CT molecular complexity index is 486. The van der Waals surface area contributed by atoms with Crippen molar-refractivity contribution in [2.24, 2.45) is 0 Å². The van der Waals surface area contributed by atoms with Gasteiger partial charge in [-0.05, 0) is 37.0 Å². The summed E-state index contributed by atoms with van der Waals surface area (Å²) >= 11 is 0. The van der Waals surface area contributed by atoms with E-state index >= 15 is 0 Å². The fraction of sp³-hybridized carbons (Fsp3) is 0.600. The number of likely N-dealkylation sites (tertiary alicyclic amines) is 1. The van der Waals surface area contributed by atoms with E-state index in [0.717, 1.165) is 63.5 Å². The Hall–Kier alpha value is -1.62. The first-order valence-corrected chi connectivity index (χ1v) is 7.30. The zero-order valence-electron chi connectivity index (χ0n) is 11.9. The second kappa shape index (κ2) is 5.79. The van der Waals surface area contributed by atoms with Crippen molar-refractivity contribution < 1.29 is 9.53 Å². The topological polar surface area (TPSA) is 45.7 Å². The van der Waals surface area contributed by atoms with Crippen molar-refractivity contribution in [2.75, 3.05) is 37.7 Å². The van der Waals surface area contributed by atoms with Crippen LogP contribution in [-0.2, 0) is 9.53 Å². The number of carbonyl (C=O) groups is 1. The largest absolute Gasteiger partial charge is 0.378 e. The van der Waals surface area contributed by atoms with E-state index in [-0.39, 0.29) is 6.04 Å². The van der Waals surface area contributed by atoms with Gasteiger partial charge < -0.3 is 14.5 Å². The number of hydrogen-bond acceptors (Lipinski definition) is 4. The standard InChI is InChI=1S/C15H21N3O2/c1-12-9-13(14-3-2-4-18(14)11-19)10-16-15(12)17-5-7-20-8-6-17/h9-11,14H,2-8H2,1H3. The minimum Gasteiger partial charge on any atom is -0.378 e. The maximum Gasteiger partial charge on any atom is 0.210 e. The molecule has 3 rings (SSSR count). The summed E-state index contributed by atoms with van der Waals surface area (Å²) in [6.45, 7) is 6.29. The van der Waals surface area contributed by atoms with E-state index in [2.05, 4.69) is 22.9 Å². The minimum absolute atomic E-state index is 0.206. The van der Waals surface area contributed by atoms with Crippen LogP contribution in [-0.4, -0.2) is 49.1 Å². The lowest BCUT2D eigenvalue weighted by Gasteiger charge is -2.29. The van der Waals surface area contributed by atoms with Gasteiger partial charge in [0.05, 0.1) is 19.3 Å². The van der Waals surface area contributed by atoms with E-state index in [4.69, 9.17) is 4.74 Å². The van der Waals surface area contributed by atoms with Gasteiger partial charge in [-0.15, -0.1) is 0 Å². The number of aromatic nitrogens is 1. The third kappa shape index (κ3) is 2.50. The van der Waals surface area contributed by atoms with E-state index in [9.17, 15) is 4.79 Å². The first-order valence-electron chi connectivity index (χ1n) is 7.30. The maximum absolute atomic E-state index is 11.1. The summed E-state index contributed by atoms with van der Waals surface area (Å²) in [5.74, 6) is 1.05. The van der Waals surface area contributed by atoms with E-state index in [1.807, 2.05) is 11.1 Å². The number of rotatable bonds is 3. The van der Waals surface area contributed by atoms with E-state index in [1.165, 1.54) is 5.56 Å².